The number of nitrogens with one attached hydrogen (secondary N) is 2. The zero-order chi connectivity index (χ0) is 7.68. The Morgan fingerprint density at radius 3 is 3.09 bits per heavy atom. The molecule has 1 aromatic heterocycles. The molecule has 0 fully saturated rings. The number of nitrogens with two attached hydrogens (primary N) is 1. The number of aromatic nitrogens is 2. The molecule has 0 aliphatic carbocycles. The zero-order valence-corrected chi connectivity index (χ0v) is 6.43. The van der Waals surface area contributed by atoms with Gasteiger partial charge in [-0.1, -0.05) is 0 Å². The minimum Gasteiger partial charge on any atom is -0.276 e. The fourth-order valence-corrected chi connectivity index (χ4v) is 1.45. The van der Waals surface area contributed by atoms with Crippen LogP contribution in [0.15, 0.2) is 17.7 Å². The number of nitrogens with zero attached hydrogens (tertiary/aromatic N) is 2. The Morgan fingerprint density at radius 2 is 2.55 bits per heavy atom. The lowest BCUT2D eigenvalue weighted by Crippen LogP contribution is -2.34. The summed E-state index contributed by atoms with van der Waals surface area (Å²) in [6, 6.07) is 1.86. The largest absolute Gasteiger partial charge is 0.276 e. The second-order valence-corrected chi connectivity index (χ2v) is 2.71. The Balaban J connectivity index is 2.30. The third-order valence-electron chi connectivity index (χ3n) is 1.36. The van der Waals surface area contributed by atoms with E-state index in [2.05, 4.69) is 15.0 Å². The van der Waals surface area contributed by atoms with E-state index >= 15 is 0 Å². The number of hydrogen-bond acceptors (Lipinski definition) is 5. The zero-order valence-electron chi connectivity index (χ0n) is 5.61. The van der Waals surface area contributed by atoms with Crippen molar-refractivity contribution in [1.29, 1.82) is 0 Å². The van der Waals surface area contributed by atoms with Crippen LogP contribution >= 0.6 is 11.9 Å². The van der Waals surface area contributed by atoms with Crippen molar-refractivity contribution in [2.45, 2.75) is 0 Å². The molecule has 2 rings (SSSR count). The number of hydrazine groups is 2. The number of aromatic amines is 1. The van der Waals surface area contributed by atoms with E-state index in [1.807, 2.05) is 11.5 Å². The van der Waals surface area contributed by atoms with Crippen LogP contribution in [0.4, 0.5) is 0 Å². The highest BCUT2D eigenvalue weighted by Crippen LogP contribution is 2.21. The molecular weight excluding hydrogens is 162 g/mol. The monoisotopic (exact) mass is 169 g/mol. The van der Waals surface area contributed by atoms with Crippen molar-refractivity contribution in [3.8, 4) is 0 Å². The van der Waals surface area contributed by atoms with E-state index in [4.69, 9.17) is 5.84 Å². The quantitative estimate of drug-likeness (QED) is 0.409. The van der Waals surface area contributed by atoms with E-state index in [9.17, 15) is 0 Å². The summed E-state index contributed by atoms with van der Waals surface area (Å²) in [7, 11) is 0. The summed E-state index contributed by atoms with van der Waals surface area (Å²) in [5, 5.41) is 9.99. The molecule has 0 bridgehead atoms. The van der Waals surface area contributed by atoms with Crippen molar-refractivity contribution >= 4 is 17.6 Å². The van der Waals surface area contributed by atoms with E-state index in [-0.39, 0.29) is 0 Å². The van der Waals surface area contributed by atoms with Gasteiger partial charge in [-0.05, 0) is 18.0 Å². The summed E-state index contributed by atoms with van der Waals surface area (Å²) in [5.41, 5.74) is 1.80. The first kappa shape index (κ1) is 6.71. The van der Waals surface area contributed by atoms with Gasteiger partial charge < -0.3 is 0 Å². The van der Waals surface area contributed by atoms with Gasteiger partial charge in [0.25, 0.3) is 0 Å². The fourth-order valence-electron chi connectivity index (χ4n) is 0.837. The van der Waals surface area contributed by atoms with Crippen LogP contribution in [0, 0.1) is 0 Å². The van der Waals surface area contributed by atoms with Crippen molar-refractivity contribution in [2.24, 2.45) is 5.84 Å². The van der Waals surface area contributed by atoms with Crippen LogP contribution in [0.25, 0.3) is 5.70 Å². The maximum Gasteiger partial charge on any atom is 0.104 e. The Kier molecular flexibility index (Phi) is 1.57. The lowest BCUT2D eigenvalue weighted by atomic mass is 10.3. The SMILES string of the molecule is NN1NSC=C1c1ccn[nH]1. The molecule has 0 radical (unpaired) electrons. The predicted octanol–water partition coefficient (Wildman–Crippen LogP) is 0.0502. The lowest BCUT2D eigenvalue weighted by Gasteiger charge is -2.11. The molecule has 58 valence electrons. The Hall–Kier alpha value is -0.980. The highest BCUT2D eigenvalue weighted by molar-refractivity contribution is 8.00. The van der Waals surface area contributed by atoms with Gasteiger partial charge in [0.15, 0.2) is 0 Å². The van der Waals surface area contributed by atoms with Crippen LogP contribution in [0.3, 0.4) is 0 Å². The summed E-state index contributed by atoms with van der Waals surface area (Å²) in [6.45, 7) is 0. The number of rotatable bonds is 1. The first-order valence-corrected chi connectivity index (χ1v) is 3.92. The van der Waals surface area contributed by atoms with Gasteiger partial charge >= 0.3 is 0 Å². The van der Waals surface area contributed by atoms with E-state index in [1.54, 1.807) is 6.20 Å². The van der Waals surface area contributed by atoms with Crippen molar-refractivity contribution in [3.05, 3.63) is 23.4 Å². The fraction of sp³-hybridized carbons (Fsp3) is 0. The summed E-state index contributed by atoms with van der Waals surface area (Å²) in [5.74, 6) is 5.56. The second kappa shape index (κ2) is 2.57. The number of hydrogen-bond donors (Lipinski definition) is 3. The molecule has 11 heavy (non-hydrogen) atoms. The van der Waals surface area contributed by atoms with Crippen LogP contribution in [-0.4, -0.2) is 15.3 Å². The molecule has 0 amide bonds. The maximum absolute atomic E-state index is 5.56. The van der Waals surface area contributed by atoms with Crippen LogP contribution in [0.2, 0.25) is 0 Å². The molecule has 6 heteroatoms. The molecule has 0 aromatic carbocycles. The molecule has 0 atom stereocenters. The average molecular weight is 169 g/mol. The van der Waals surface area contributed by atoms with Crippen molar-refractivity contribution in [2.75, 3.05) is 0 Å². The minimum atomic E-state index is 0.896. The van der Waals surface area contributed by atoms with Gasteiger partial charge in [-0.3, -0.25) is 5.10 Å². The molecule has 0 unspecified atom stereocenters. The second-order valence-electron chi connectivity index (χ2n) is 2.05. The molecule has 0 spiro atoms. The van der Waals surface area contributed by atoms with Crippen LogP contribution in [0.1, 0.15) is 5.69 Å². The van der Waals surface area contributed by atoms with Gasteiger partial charge in [0.05, 0.1) is 5.69 Å². The molecule has 2 heterocycles. The van der Waals surface area contributed by atoms with E-state index in [1.165, 1.54) is 17.1 Å². The average Bonchev–Trinajstić information content (AvgIpc) is 2.55. The Bertz CT molecular complexity index is 266. The minimum absolute atomic E-state index is 0.896. The smallest absolute Gasteiger partial charge is 0.104 e. The molecule has 1 aliphatic heterocycles. The third kappa shape index (κ3) is 1.11. The van der Waals surface area contributed by atoms with Crippen molar-refractivity contribution < 1.29 is 0 Å². The molecular formula is C5H7N5S. The van der Waals surface area contributed by atoms with Crippen LogP contribution in [-0.2, 0) is 0 Å². The normalized spacial score (nSPS) is 17.2. The van der Waals surface area contributed by atoms with Crippen LogP contribution in [0.5, 0.6) is 0 Å². The van der Waals surface area contributed by atoms with Gasteiger partial charge in [0, 0.05) is 11.6 Å². The topological polar surface area (TPSA) is 70.0 Å². The molecule has 0 saturated heterocycles. The third-order valence-corrected chi connectivity index (χ3v) is 2.00. The summed E-state index contributed by atoms with van der Waals surface area (Å²) >= 11 is 1.43. The molecule has 0 saturated carbocycles. The molecule has 4 N–H and O–H groups in total. The highest BCUT2D eigenvalue weighted by Gasteiger charge is 2.13. The van der Waals surface area contributed by atoms with Gasteiger partial charge in [-0.2, -0.15) is 9.93 Å². The van der Waals surface area contributed by atoms with Crippen molar-refractivity contribution in [1.82, 2.24) is 20.1 Å². The van der Waals surface area contributed by atoms with E-state index < -0.39 is 0 Å². The Labute approximate surface area is 67.7 Å². The van der Waals surface area contributed by atoms with E-state index in [0.29, 0.717) is 0 Å². The molecule has 1 aliphatic rings. The van der Waals surface area contributed by atoms with Gasteiger partial charge in [-0.25, -0.2) is 11.0 Å². The maximum atomic E-state index is 5.56. The molecule has 5 nitrogen and oxygen atoms in total. The van der Waals surface area contributed by atoms with Gasteiger partial charge in [0.1, 0.15) is 5.70 Å². The Morgan fingerprint density at radius 1 is 1.64 bits per heavy atom. The first-order chi connectivity index (χ1) is 5.38. The standard InChI is InChI=1S/C5H7N5S/c6-10-5(3-11-9-10)4-1-2-7-8-4/h1-3,9H,6H2,(H,7,8). The van der Waals surface area contributed by atoms with Crippen LogP contribution < -0.4 is 10.7 Å². The highest BCUT2D eigenvalue weighted by atomic mass is 32.2. The van der Waals surface area contributed by atoms with E-state index in [0.717, 1.165) is 11.4 Å². The predicted molar refractivity (Wildman–Crippen MR) is 43.3 cm³/mol. The van der Waals surface area contributed by atoms with Gasteiger partial charge in [0.2, 0.25) is 0 Å². The lowest BCUT2D eigenvalue weighted by molar-refractivity contribution is 0.400. The van der Waals surface area contributed by atoms with Crippen molar-refractivity contribution in [3.63, 3.8) is 0 Å². The van der Waals surface area contributed by atoms with Gasteiger partial charge in [-0.15, -0.1) is 0 Å². The summed E-state index contributed by atoms with van der Waals surface area (Å²) in [4.78, 5) is 2.85. The number of H-pyrrole nitrogens is 1. The summed E-state index contributed by atoms with van der Waals surface area (Å²) < 4.78 is 0. The molecule has 1 aromatic rings. The first-order valence-electron chi connectivity index (χ1n) is 3.04. The summed E-state index contributed by atoms with van der Waals surface area (Å²) in [6.07, 6.45) is 1.69.